The molecule has 0 aliphatic heterocycles. The van der Waals surface area contributed by atoms with Crippen LogP contribution < -0.4 is 0 Å². The maximum atomic E-state index is 8.43. The Balaban J connectivity index is 1.95. The predicted molar refractivity (Wildman–Crippen MR) is 54.4 cm³/mol. The van der Waals surface area contributed by atoms with Gasteiger partial charge in [0.15, 0.2) is 0 Å². The zero-order chi connectivity index (χ0) is 10.1. The van der Waals surface area contributed by atoms with Crippen LogP contribution in [0.5, 0.6) is 0 Å². The summed E-state index contributed by atoms with van der Waals surface area (Å²) in [6, 6.07) is 0. The van der Waals surface area contributed by atoms with Crippen molar-refractivity contribution < 1.29 is 14.7 Å². The number of aliphatic hydroxyl groups excluding tert-OH is 1. The molecular formula is C10H19NO3. The van der Waals surface area contributed by atoms with E-state index in [0.29, 0.717) is 19.8 Å². The van der Waals surface area contributed by atoms with Crippen molar-refractivity contribution in [2.24, 2.45) is 5.16 Å². The molecule has 1 aliphatic carbocycles. The van der Waals surface area contributed by atoms with Gasteiger partial charge in [0, 0.05) is 0 Å². The highest BCUT2D eigenvalue weighted by Crippen LogP contribution is 2.14. The lowest BCUT2D eigenvalue weighted by Gasteiger charge is -2.11. The Hall–Kier alpha value is -0.610. The van der Waals surface area contributed by atoms with Crippen LogP contribution in [0.1, 0.15) is 32.1 Å². The van der Waals surface area contributed by atoms with E-state index >= 15 is 0 Å². The van der Waals surface area contributed by atoms with E-state index in [0.717, 1.165) is 12.8 Å². The monoisotopic (exact) mass is 201 g/mol. The van der Waals surface area contributed by atoms with Crippen LogP contribution in [0.15, 0.2) is 5.16 Å². The molecule has 0 aromatic rings. The third-order valence-electron chi connectivity index (χ3n) is 2.18. The summed E-state index contributed by atoms with van der Waals surface area (Å²) < 4.78 is 5.03. The second-order valence-electron chi connectivity index (χ2n) is 3.39. The number of oxime groups is 1. The van der Waals surface area contributed by atoms with Crippen molar-refractivity contribution in [3.05, 3.63) is 0 Å². The van der Waals surface area contributed by atoms with Gasteiger partial charge in [-0.15, -0.1) is 0 Å². The van der Waals surface area contributed by atoms with Crippen LogP contribution in [0.4, 0.5) is 0 Å². The highest BCUT2D eigenvalue weighted by molar-refractivity contribution is 5.84. The summed E-state index contributed by atoms with van der Waals surface area (Å²) in [5.74, 6) is 0. The van der Waals surface area contributed by atoms with Gasteiger partial charge >= 0.3 is 0 Å². The van der Waals surface area contributed by atoms with Gasteiger partial charge in [0.2, 0.25) is 0 Å². The Kier molecular flexibility index (Phi) is 6.36. The summed E-state index contributed by atoms with van der Waals surface area (Å²) in [4.78, 5) is 5.10. The first kappa shape index (κ1) is 11.5. The summed E-state index contributed by atoms with van der Waals surface area (Å²) in [5.41, 5.74) is 1.18. The number of aliphatic hydroxyl groups is 1. The molecule has 1 rings (SSSR count). The van der Waals surface area contributed by atoms with Gasteiger partial charge in [-0.25, -0.2) is 0 Å². The van der Waals surface area contributed by atoms with E-state index in [1.807, 2.05) is 0 Å². The molecule has 0 aromatic carbocycles. The topological polar surface area (TPSA) is 51.0 Å². The van der Waals surface area contributed by atoms with Crippen molar-refractivity contribution in [1.29, 1.82) is 0 Å². The van der Waals surface area contributed by atoms with Gasteiger partial charge in [-0.1, -0.05) is 11.6 Å². The van der Waals surface area contributed by atoms with Crippen LogP contribution in [0.25, 0.3) is 0 Å². The minimum Gasteiger partial charge on any atom is -0.394 e. The molecule has 0 bridgehead atoms. The summed E-state index contributed by atoms with van der Waals surface area (Å²) >= 11 is 0. The molecule has 4 heteroatoms. The van der Waals surface area contributed by atoms with Crippen molar-refractivity contribution in [2.45, 2.75) is 32.1 Å². The van der Waals surface area contributed by atoms with E-state index in [9.17, 15) is 0 Å². The lowest BCUT2D eigenvalue weighted by Crippen LogP contribution is -2.08. The van der Waals surface area contributed by atoms with E-state index in [-0.39, 0.29) is 6.61 Å². The molecule has 14 heavy (non-hydrogen) atoms. The van der Waals surface area contributed by atoms with Crippen LogP contribution in [0.2, 0.25) is 0 Å². The second kappa shape index (κ2) is 7.76. The second-order valence-corrected chi connectivity index (χ2v) is 3.39. The van der Waals surface area contributed by atoms with E-state index in [1.54, 1.807) is 0 Å². The van der Waals surface area contributed by atoms with Gasteiger partial charge in [0.25, 0.3) is 0 Å². The van der Waals surface area contributed by atoms with Crippen molar-refractivity contribution in [2.75, 3.05) is 26.4 Å². The molecule has 0 spiro atoms. The number of nitrogens with zero attached hydrogens (tertiary/aromatic N) is 1. The lowest BCUT2D eigenvalue weighted by atomic mass is 9.99. The van der Waals surface area contributed by atoms with Gasteiger partial charge < -0.3 is 14.7 Å². The Bertz CT molecular complexity index is 163. The molecule has 0 radical (unpaired) electrons. The smallest absolute Gasteiger partial charge is 0.140 e. The summed E-state index contributed by atoms with van der Waals surface area (Å²) in [5, 5.41) is 12.5. The Morgan fingerprint density at radius 1 is 1.07 bits per heavy atom. The van der Waals surface area contributed by atoms with Crippen LogP contribution in [0, 0.1) is 0 Å². The Morgan fingerprint density at radius 3 is 2.57 bits per heavy atom. The Morgan fingerprint density at radius 2 is 1.86 bits per heavy atom. The lowest BCUT2D eigenvalue weighted by molar-refractivity contribution is 0.0348. The first-order valence-electron chi connectivity index (χ1n) is 5.30. The molecule has 0 unspecified atom stereocenters. The molecule has 1 saturated carbocycles. The fourth-order valence-corrected chi connectivity index (χ4v) is 1.45. The molecule has 1 N–H and O–H groups in total. The average molecular weight is 201 g/mol. The first-order valence-corrected chi connectivity index (χ1v) is 5.30. The predicted octanol–water partition coefficient (Wildman–Crippen LogP) is 1.33. The SMILES string of the molecule is OCCOCCON=C1CCCCC1. The first-order chi connectivity index (χ1) is 6.93. The highest BCUT2D eigenvalue weighted by atomic mass is 16.6. The zero-order valence-electron chi connectivity index (χ0n) is 8.57. The van der Waals surface area contributed by atoms with Crippen molar-refractivity contribution >= 4 is 5.71 Å². The average Bonchev–Trinajstić information content (AvgIpc) is 2.25. The van der Waals surface area contributed by atoms with Crippen LogP contribution >= 0.6 is 0 Å². The minimum absolute atomic E-state index is 0.0640. The molecule has 0 heterocycles. The van der Waals surface area contributed by atoms with Crippen molar-refractivity contribution in [1.82, 2.24) is 0 Å². The Labute approximate surface area is 84.9 Å². The highest BCUT2D eigenvalue weighted by Gasteiger charge is 2.06. The van der Waals surface area contributed by atoms with E-state index in [2.05, 4.69) is 5.16 Å². The molecule has 82 valence electrons. The molecule has 0 aromatic heterocycles. The van der Waals surface area contributed by atoms with Crippen molar-refractivity contribution in [3.8, 4) is 0 Å². The summed E-state index contributed by atoms with van der Waals surface area (Å²) in [6.45, 7) is 1.41. The quantitative estimate of drug-likeness (QED) is 0.521. The summed E-state index contributed by atoms with van der Waals surface area (Å²) in [6.07, 6.45) is 5.96. The standard InChI is InChI=1S/C10H19NO3/c12-6-7-13-8-9-14-11-10-4-2-1-3-5-10/h12H,1-9H2. The number of hydrogen-bond donors (Lipinski definition) is 1. The number of ether oxygens (including phenoxy) is 1. The zero-order valence-corrected chi connectivity index (χ0v) is 8.57. The van der Waals surface area contributed by atoms with Gasteiger partial charge in [0.1, 0.15) is 6.61 Å². The molecular weight excluding hydrogens is 182 g/mol. The normalized spacial score (nSPS) is 16.8. The largest absolute Gasteiger partial charge is 0.394 e. The molecule has 0 saturated heterocycles. The van der Waals surface area contributed by atoms with Crippen LogP contribution in [0.3, 0.4) is 0 Å². The van der Waals surface area contributed by atoms with E-state index < -0.39 is 0 Å². The molecule has 0 amide bonds. The fourth-order valence-electron chi connectivity index (χ4n) is 1.45. The van der Waals surface area contributed by atoms with Gasteiger partial charge in [-0.05, 0) is 25.7 Å². The maximum Gasteiger partial charge on any atom is 0.140 e. The van der Waals surface area contributed by atoms with Crippen LogP contribution in [-0.2, 0) is 9.57 Å². The third kappa shape index (κ3) is 5.19. The van der Waals surface area contributed by atoms with Gasteiger partial charge in [0.05, 0.1) is 25.5 Å². The van der Waals surface area contributed by atoms with E-state index in [4.69, 9.17) is 14.7 Å². The van der Waals surface area contributed by atoms with Gasteiger partial charge in [-0.2, -0.15) is 0 Å². The molecule has 4 nitrogen and oxygen atoms in total. The van der Waals surface area contributed by atoms with Crippen LogP contribution in [-0.4, -0.2) is 37.2 Å². The summed E-state index contributed by atoms with van der Waals surface area (Å²) in [7, 11) is 0. The van der Waals surface area contributed by atoms with E-state index in [1.165, 1.54) is 25.0 Å². The molecule has 1 aliphatic rings. The van der Waals surface area contributed by atoms with Crippen molar-refractivity contribution in [3.63, 3.8) is 0 Å². The molecule has 0 atom stereocenters. The minimum atomic E-state index is 0.0640. The maximum absolute atomic E-state index is 8.43. The molecule has 1 fully saturated rings. The third-order valence-corrected chi connectivity index (χ3v) is 2.18. The number of hydrogen-bond acceptors (Lipinski definition) is 4. The number of rotatable bonds is 6. The van der Waals surface area contributed by atoms with Gasteiger partial charge in [-0.3, -0.25) is 0 Å². The fraction of sp³-hybridized carbons (Fsp3) is 0.900.